The van der Waals surface area contributed by atoms with Gasteiger partial charge in [0.25, 0.3) is 0 Å². The van der Waals surface area contributed by atoms with E-state index < -0.39 is 0 Å². The first-order valence-corrected chi connectivity index (χ1v) is 6.53. The van der Waals surface area contributed by atoms with Crippen LogP contribution in [0.4, 0.5) is 0 Å². The van der Waals surface area contributed by atoms with Gasteiger partial charge in [0.1, 0.15) is 0 Å². The van der Waals surface area contributed by atoms with Crippen molar-refractivity contribution in [2.45, 2.75) is 45.2 Å². The number of hydrogen-bond acceptors (Lipinski definition) is 3. The van der Waals surface area contributed by atoms with Crippen LogP contribution in [-0.2, 0) is 0 Å². The third-order valence-corrected chi connectivity index (χ3v) is 4.57. The fourth-order valence-corrected chi connectivity index (χ4v) is 2.62. The van der Waals surface area contributed by atoms with E-state index in [0.29, 0.717) is 5.92 Å². The van der Waals surface area contributed by atoms with Crippen LogP contribution in [0, 0.1) is 5.92 Å². The Bertz CT molecular complexity index is 207. The molecule has 1 heterocycles. The Balaban J connectivity index is 2.58. The molecule has 3 heteroatoms. The van der Waals surface area contributed by atoms with E-state index in [-0.39, 0.29) is 5.54 Å². The first-order chi connectivity index (χ1) is 7.41. The Morgan fingerprint density at radius 3 is 2.12 bits per heavy atom. The standard InChI is InChI=1S/C13H29N3/c1-11(2)13(3,10-14)16-8-6-12(7-9-16)15(4)5/h11-12H,6-10,14H2,1-5H3. The number of hydrogen-bond donors (Lipinski definition) is 1. The van der Waals surface area contributed by atoms with Gasteiger partial charge in [-0.15, -0.1) is 0 Å². The summed E-state index contributed by atoms with van der Waals surface area (Å²) in [5.74, 6) is 0.619. The Hall–Kier alpha value is -0.120. The normalized spacial score (nSPS) is 24.0. The van der Waals surface area contributed by atoms with Gasteiger partial charge in [0.05, 0.1) is 0 Å². The molecule has 0 radical (unpaired) electrons. The average Bonchev–Trinajstić information content (AvgIpc) is 2.27. The third kappa shape index (κ3) is 2.76. The predicted octanol–water partition coefficient (Wildman–Crippen LogP) is 1.39. The van der Waals surface area contributed by atoms with Crippen molar-refractivity contribution in [1.29, 1.82) is 0 Å². The van der Waals surface area contributed by atoms with E-state index in [2.05, 4.69) is 44.7 Å². The lowest BCUT2D eigenvalue weighted by Gasteiger charge is -2.48. The van der Waals surface area contributed by atoms with Crippen molar-refractivity contribution in [3.63, 3.8) is 0 Å². The van der Waals surface area contributed by atoms with Crippen LogP contribution >= 0.6 is 0 Å². The molecular formula is C13H29N3. The molecule has 2 N–H and O–H groups in total. The maximum Gasteiger partial charge on any atom is 0.0326 e. The molecule has 1 fully saturated rings. The van der Waals surface area contributed by atoms with Crippen molar-refractivity contribution in [2.24, 2.45) is 11.7 Å². The van der Waals surface area contributed by atoms with Gasteiger partial charge in [-0.25, -0.2) is 0 Å². The van der Waals surface area contributed by atoms with E-state index in [1.807, 2.05) is 0 Å². The van der Waals surface area contributed by atoms with Gasteiger partial charge in [0.15, 0.2) is 0 Å². The number of nitrogens with zero attached hydrogens (tertiary/aromatic N) is 2. The summed E-state index contributed by atoms with van der Waals surface area (Å²) in [6.07, 6.45) is 2.55. The maximum absolute atomic E-state index is 5.98. The van der Waals surface area contributed by atoms with Crippen molar-refractivity contribution >= 4 is 0 Å². The molecule has 96 valence electrons. The highest BCUT2D eigenvalue weighted by Gasteiger charge is 2.36. The SMILES string of the molecule is CC(C)C(C)(CN)N1CCC(N(C)C)CC1. The fraction of sp³-hybridized carbons (Fsp3) is 1.00. The molecule has 1 aliphatic rings. The maximum atomic E-state index is 5.98. The smallest absolute Gasteiger partial charge is 0.0326 e. The van der Waals surface area contributed by atoms with Crippen LogP contribution in [0.2, 0.25) is 0 Å². The summed E-state index contributed by atoms with van der Waals surface area (Å²) in [5, 5.41) is 0. The number of likely N-dealkylation sites (tertiary alicyclic amines) is 1. The molecule has 0 aromatic rings. The van der Waals surface area contributed by atoms with Crippen LogP contribution in [-0.4, -0.2) is 55.1 Å². The first kappa shape index (κ1) is 13.9. The fourth-order valence-electron chi connectivity index (χ4n) is 2.62. The summed E-state index contributed by atoms with van der Waals surface area (Å²) >= 11 is 0. The quantitative estimate of drug-likeness (QED) is 0.788. The minimum absolute atomic E-state index is 0.178. The van der Waals surface area contributed by atoms with Crippen molar-refractivity contribution in [3.05, 3.63) is 0 Å². The van der Waals surface area contributed by atoms with Crippen molar-refractivity contribution in [1.82, 2.24) is 9.80 Å². The zero-order valence-electron chi connectivity index (χ0n) is 11.7. The molecule has 16 heavy (non-hydrogen) atoms. The second-order valence-electron chi connectivity index (χ2n) is 5.90. The summed E-state index contributed by atoms with van der Waals surface area (Å²) in [6.45, 7) is 10.0. The van der Waals surface area contributed by atoms with Gasteiger partial charge >= 0.3 is 0 Å². The minimum atomic E-state index is 0.178. The largest absolute Gasteiger partial charge is 0.329 e. The van der Waals surface area contributed by atoms with Crippen molar-refractivity contribution in [3.8, 4) is 0 Å². The van der Waals surface area contributed by atoms with Gasteiger partial charge in [-0.1, -0.05) is 13.8 Å². The van der Waals surface area contributed by atoms with E-state index in [1.165, 1.54) is 25.9 Å². The number of piperidine rings is 1. The van der Waals surface area contributed by atoms with Gasteiger partial charge in [-0.05, 0) is 39.8 Å². The van der Waals surface area contributed by atoms with Gasteiger partial charge in [0.2, 0.25) is 0 Å². The summed E-state index contributed by atoms with van der Waals surface area (Å²) in [5.41, 5.74) is 6.16. The molecule has 1 atom stereocenters. The first-order valence-electron chi connectivity index (χ1n) is 6.53. The Kier molecular flexibility index (Phi) is 4.77. The highest BCUT2D eigenvalue weighted by Crippen LogP contribution is 2.27. The van der Waals surface area contributed by atoms with E-state index in [0.717, 1.165) is 12.6 Å². The number of nitrogens with two attached hydrogens (primary N) is 1. The van der Waals surface area contributed by atoms with Gasteiger partial charge in [0, 0.05) is 31.2 Å². The van der Waals surface area contributed by atoms with Gasteiger partial charge < -0.3 is 10.6 Å². The molecule has 0 aromatic carbocycles. The monoisotopic (exact) mass is 227 g/mol. The highest BCUT2D eigenvalue weighted by atomic mass is 15.2. The Morgan fingerprint density at radius 2 is 1.81 bits per heavy atom. The zero-order valence-corrected chi connectivity index (χ0v) is 11.7. The molecule has 0 aliphatic carbocycles. The lowest BCUT2D eigenvalue weighted by molar-refractivity contribution is 0.0270. The second-order valence-corrected chi connectivity index (χ2v) is 5.90. The molecule has 0 spiro atoms. The molecule has 0 saturated carbocycles. The second kappa shape index (κ2) is 5.48. The Labute approximate surface area is 101 Å². The summed E-state index contributed by atoms with van der Waals surface area (Å²) in [4.78, 5) is 4.95. The lowest BCUT2D eigenvalue weighted by atomic mass is 9.84. The van der Waals surface area contributed by atoms with E-state index in [9.17, 15) is 0 Å². The summed E-state index contributed by atoms with van der Waals surface area (Å²) in [6, 6.07) is 0.755. The Morgan fingerprint density at radius 1 is 1.31 bits per heavy atom. The van der Waals surface area contributed by atoms with Crippen LogP contribution in [0.3, 0.4) is 0 Å². The summed E-state index contributed by atoms with van der Waals surface area (Å²) < 4.78 is 0. The van der Waals surface area contributed by atoms with Crippen molar-refractivity contribution < 1.29 is 0 Å². The molecule has 0 bridgehead atoms. The molecule has 1 aliphatic heterocycles. The minimum Gasteiger partial charge on any atom is -0.329 e. The summed E-state index contributed by atoms with van der Waals surface area (Å²) in [7, 11) is 4.37. The molecule has 1 rings (SSSR count). The molecule has 0 aromatic heterocycles. The van der Waals surface area contributed by atoms with Crippen LogP contribution in [0.5, 0.6) is 0 Å². The van der Waals surface area contributed by atoms with Crippen molar-refractivity contribution in [2.75, 3.05) is 33.7 Å². The highest BCUT2D eigenvalue weighted by molar-refractivity contribution is 4.93. The van der Waals surface area contributed by atoms with Gasteiger partial charge in [-0.3, -0.25) is 4.90 Å². The lowest BCUT2D eigenvalue weighted by Crippen LogP contribution is -2.58. The average molecular weight is 227 g/mol. The predicted molar refractivity (Wildman–Crippen MR) is 70.6 cm³/mol. The molecule has 0 amide bonds. The molecular weight excluding hydrogens is 198 g/mol. The van der Waals surface area contributed by atoms with Crippen LogP contribution in [0.15, 0.2) is 0 Å². The topological polar surface area (TPSA) is 32.5 Å². The zero-order chi connectivity index (χ0) is 12.3. The van der Waals surface area contributed by atoms with E-state index in [1.54, 1.807) is 0 Å². The molecule has 3 nitrogen and oxygen atoms in total. The van der Waals surface area contributed by atoms with E-state index in [4.69, 9.17) is 5.73 Å². The van der Waals surface area contributed by atoms with Crippen LogP contribution < -0.4 is 5.73 Å². The van der Waals surface area contributed by atoms with Crippen LogP contribution in [0.25, 0.3) is 0 Å². The van der Waals surface area contributed by atoms with E-state index >= 15 is 0 Å². The number of rotatable bonds is 4. The van der Waals surface area contributed by atoms with Gasteiger partial charge in [-0.2, -0.15) is 0 Å². The van der Waals surface area contributed by atoms with Crippen LogP contribution in [0.1, 0.15) is 33.6 Å². The molecule has 1 saturated heterocycles. The molecule has 1 unspecified atom stereocenters. The third-order valence-electron chi connectivity index (χ3n) is 4.57.